The van der Waals surface area contributed by atoms with Gasteiger partial charge in [0.25, 0.3) is 0 Å². The maximum Gasteiger partial charge on any atom is 0.0692 e. The first-order valence-electron chi connectivity index (χ1n) is 19.0. The zero-order valence-corrected chi connectivity index (χ0v) is 30.5. The third-order valence-electron chi connectivity index (χ3n) is 9.23. The normalized spacial score (nSPS) is 11.3. The number of unbranched alkanes of at least 4 members (excludes halogenated alkanes) is 6. The van der Waals surface area contributed by atoms with E-state index >= 15 is 0 Å². The van der Waals surface area contributed by atoms with Crippen LogP contribution < -0.4 is 14.7 Å². The van der Waals surface area contributed by atoms with Crippen LogP contribution in [0.2, 0.25) is 0 Å². The topological polar surface area (TPSA) is 9.72 Å². The molecule has 0 fully saturated rings. The van der Waals surface area contributed by atoms with Gasteiger partial charge in [0.2, 0.25) is 0 Å². The van der Waals surface area contributed by atoms with Gasteiger partial charge in [-0.2, -0.15) is 0 Å². The van der Waals surface area contributed by atoms with Gasteiger partial charge < -0.3 is 14.7 Å². The van der Waals surface area contributed by atoms with E-state index in [2.05, 4.69) is 129 Å². The summed E-state index contributed by atoms with van der Waals surface area (Å²) < 4.78 is 0. The minimum Gasteiger partial charge on any atom is -0.371 e. The zero-order chi connectivity index (χ0) is 33.0. The lowest BCUT2D eigenvalue weighted by atomic mass is 9.81. The number of benzene rings is 3. The number of para-hydroxylation sites is 3. The van der Waals surface area contributed by atoms with Crippen LogP contribution in [0.5, 0.6) is 0 Å². The highest BCUT2D eigenvalue weighted by atomic mass is 15.1. The van der Waals surface area contributed by atoms with E-state index in [0.29, 0.717) is 0 Å². The molecule has 0 atom stereocenters. The number of anilines is 3. The van der Waals surface area contributed by atoms with E-state index in [1.54, 1.807) is 0 Å². The molecule has 3 heteroatoms. The van der Waals surface area contributed by atoms with Crippen molar-refractivity contribution in [2.75, 3.05) is 54.0 Å². The molecule has 3 nitrogen and oxygen atoms in total. The van der Waals surface area contributed by atoms with Crippen molar-refractivity contribution in [2.24, 2.45) is 0 Å². The Balaban J connectivity index is 2.34. The zero-order valence-electron chi connectivity index (χ0n) is 30.5. The maximum atomic E-state index is 2.69. The van der Waals surface area contributed by atoms with Gasteiger partial charge in [0.15, 0.2) is 0 Å². The Hall–Kier alpha value is -2.94. The first-order chi connectivity index (χ1) is 22.6. The van der Waals surface area contributed by atoms with E-state index in [9.17, 15) is 0 Å². The summed E-state index contributed by atoms with van der Waals surface area (Å²) in [5.41, 5.74) is 8.24. The van der Waals surface area contributed by atoms with Gasteiger partial charge in [-0.1, -0.05) is 135 Å². The standard InChI is InChI=1S/C43H66N3/c1-7-13-31-44(32-14-8-2)40-28-22-19-25-37(40)43(38-26-20-23-29-41(38)45(33-15-9-3)34-16-10-4)39-27-21-24-30-42(39)46(35-17-11-5)36-18-12-6/h19-30H,7-18,31-36H2,1-6H3. The van der Waals surface area contributed by atoms with Gasteiger partial charge in [-0.05, 0) is 73.4 Å². The molecular formula is C43H66N3. The molecule has 0 heterocycles. The molecule has 46 heavy (non-hydrogen) atoms. The Labute approximate surface area is 284 Å². The molecule has 0 unspecified atom stereocenters. The lowest BCUT2D eigenvalue weighted by molar-refractivity contribution is 0.673. The molecular weight excluding hydrogens is 558 g/mol. The molecule has 1 radical (unpaired) electrons. The van der Waals surface area contributed by atoms with Crippen molar-refractivity contribution in [1.82, 2.24) is 0 Å². The molecule has 0 aliphatic carbocycles. The van der Waals surface area contributed by atoms with Crippen LogP contribution in [0.15, 0.2) is 72.8 Å². The van der Waals surface area contributed by atoms with Crippen molar-refractivity contribution in [1.29, 1.82) is 0 Å². The number of hydrogen-bond acceptors (Lipinski definition) is 3. The summed E-state index contributed by atoms with van der Waals surface area (Å²) in [7, 11) is 0. The Kier molecular flexibility index (Phi) is 17.8. The Morgan fingerprint density at radius 1 is 0.348 bits per heavy atom. The summed E-state index contributed by atoms with van der Waals surface area (Å²) in [6.45, 7) is 20.5. The molecule has 0 bridgehead atoms. The highest BCUT2D eigenvalue weighted by molar-refractivity contribution is 5.78. The quantitative estimate of drug-likeness (QED) is 0.0918. The summed E-state index contributed by atoms with van der Waals surface area (Å²) in [5.74, 6) is 1.38. The Morgan fingerprint density at radius 2 is 0.565 bits per heavy atom. The number of hydrogen-bond donors (Lipinski definition) is 0. The van der Waals surface area contributed by atoms with E-state index in [1.807, 2.05) is 0 Å². The van der Waals surface area contributed by atoms with Gasteiger partial charge in [-0.25, -0.2) is 0 Å². The first kappa shape index (κ1) is 37.5. The molecule has 0 aliphatic heterocycles. The second kappa shape index (κ2) is 21.8. The second-order valence-electron chi connectivity index (χ2n) is 13.0. The molecule has 0 aliphatic rings. The highest BCUT2D eigenvalue weighted by Gasteiger charge is 2.29. The van der Waals surface area contributed by atoms with Gasteiger partial charge in [0, 0.05) is 56.3 Å². The van der Waals surface area contributed by atoms with Gasteiger partial charge in [-0.3, -0.25) is 0 Å². The van der Waals surface area contributed by atoms with Crippen LogP contribution in [-0.4, -0.2) is 39.3 Å². The molecule has 3 aromatic carbocycles. The molecule has 0 spiro atoms. The van der Waals surface area contributed by atoms with E-state index < -0.39 is 0 Å². The summed E-state index contributed by atoms with van der Waals surface area (Å²) in [5, 5.41) is 0. The molecule has 0 saturated heterocycles. The lowest BCUT2D eigenvalue weighted by Gasteiger charge is -2.35. The molecule has 3 rings (SSSR count). The predicted molar refractivity (Wildman–Crippen MR) is 206 cm³/mol. The average molecular weight is 625 g/mol. The van der Waals surface area contributed by atoms with Crippen LogP contribution in [-0.2, 0) is 0 Å². The summed E-state index contributed by atoms with van der Waals surface area (Å²) in [4.78, 5) is 8.06. The number of rotatable bonds is 24. The van der Waals surface area contributed by atoms with Crippen LogP contribution >= 0.6 is 0 Å². The third kappa shape index (κ3) is 10.8. The van der Waals surface area contributed by atoms with Crippen molar-refractivity contribution < 1.29 is 0 Å². The van der Waals surface area contributed by atoms with Crippen molar-refractivity contribution in [3.63, 3.8) is 0 Å². The fourth-order valence-electron chi connectivity index (χ4n) is 6.47. The lowest BCUT2D eigenvalue weighted by Crippen LogP contribution is -2.30. The van der Waals surface area contributed by atoms with Crippen molar-refractivity contribution in [3.8, 4) is 0 Å². The fraction of sp³-hybridized carbons (Fsp3) is 0.558. The molecule has 0 aromatic heterocycles. The van der Waals surface area contributed by atoms with Crippen LogP contribution in [0.25, 0.3) is 0 Å². The van der Waals surface area contributed by atoms with Gasteiger partial charge in [0.1, 0.15) is 0 Å². The van der Waals surface area contributed by atoms with Gasteiger partial charge in [0.05, 0.1) is 5.92 Å². The predicted octanol–water partition coefficient (Wildman–Crippen LogP) is 11.9. The monoisotopic (exact) mass is 625 g/mol. The molecule has 3 aromatic rings. The maximum absolute atomic E-state index is 2.69. The van der Waals surface area contributed by atoms with E-state index in [4.69, 9.17) is 0 Å². The van der Waals surface area contributed by atoms with Crippen molar-refractivity contribution in [3.05, 3.63) is 95.4 Å². The molecule has 0 saturated carbocycles. The average Bonchev–Trinajstić information content (AvgIpc) is 3.10. The Bertz CT molecular complexity index is 1040. The van der Waals surface area contributed by atoms with Gasteiger partial charge in [-0.15, -0.1) is 0 Å². The first-order valence-corrected chi connectivity index (χ1v) is 19.0. The molecule has 253 valence electrons. The van der Waals surface area contributed by atoms with Crippen LogP contribution in [0.3, 0.4) is 0 Å². The smallest absolute Gasteiger partial charge is 0.0692 e. The highest BCUT2D eigenvalue weighted by Crippen LogP contribution is 2.44. The molecule has 0 amide bonds. The van der Waals surface area contributed by atoms with Crippen LogP contribution in [0.1, 0.15) is 135 Å². The summed E-state index contributed by atoms with van der Waals surface area (Å²) in [6.07, 6.45) is 14.5. The second-order valence-corrected chi connectivity index (χ2v) is 13.0. The molecule has 0 N–H and O–H groups in total. The number of nitrogens with zero attached hydrogens (tertiary/aromatic N) is 3. The van der Waals surface area contributed by atoms with Crippen LogP contribution in [0.4, 0.5) is 17.1 Å². The Morgan fingerprint density at radius 3 is 0.783 bits per heavy atom. The van der Waals surface area contributed by atoms with Crippen LogP contribution in [0, 0.1) is 5.92 Å². The summed E-state index contributed by atoms with van der Waals surface area (Å²) in [6, 6.07) is 28.0. The van der Waals surface area contributed by atoms with E-state index in [0.717, 1.165) is 39.3 Å². The SMILES string of the molecule is CCCCN(CCCC)c1ccccc1[C](c1ccccc1N(CCCC)CCCC)c1ccccc1N(CCCC)CCCC. The largest absolute Gasteiger partial charge is 0.371 e. The minimum absolute atomic E-state index is 1.10. The van der Waals surface area contributed by atoms with Crippen molar-refractivity contribution in [2.45, 2.75) is 119 Å². The van der Waals surface area contributed by atoms with E-state index in [1.165, 1.54) is 117 Å². The van der Waals surface area contributed by atoms with E-state index in [-0.39, 0.29) is 0 Å². The van der Waals surface area contributed by atoms with Gasteiger partial charge >= 0.3 is 0 Å². The van der Waals surface area contributed by atoms with Crippen molar-refractivity contribution >= 4 is 17.1 Å². The third-order valence-corrected chi connectivity index (χ3v) is 9.23. The fourth-order valence-corrected chi connectivity index (χ4v) is 6.47. The minimum atomic E-state index is 1.10. The summed E-state index contributed by atoms with van der Waals surface area (Å²) >= 11 is 0.